The van der Waals surface area contributed by atoms with Crippen molar-refractivity contribution < 1.29 is 14.5 Å². The number of anilines is 1. The second kappa shape index (κ2) is 5.69. The van der Waals surface area contributed by atoms with Crippen LogP contribution in [0.5, 0.6) is 0 Å². The minimum atomic E-state index is -1.02. The zero-order valence-corrected chi connectivity index (χ0v) is 12.3. The molecule has 0 unspecified atom stereocenters. The number of carbonyl (C=O) groups is 1. The molecule has 2 aromatic carbocycles. The van der Waals surface area contributed by atoms with Crippen LogP contribution in [-0.4, -0.2) is 18.0 Å². The van der Waals surface area contributed by atoms with E-state index < -0.39 is 13.0 Å². The molecule has 0 radical (unpaired) electrons. The summed E-state index contributed by atoms with van der Waals surface area (Å²) in [5, 5.41) is 13.1. The zero-order valence-electron chi connectivity index (χ0n) is 10.8. The number of rotatable bonds is 2. The SMILES string of the molecule is O=C(Nc1ccccc1Cl)c1cc2c(cc1Cl)COB2O. The highest BCUT2D eigenvalue weighted by Crippen LogP contribution is 2.24. The smallest absolute Gasteiger partial charge is 0.423 e. The van der Waals surface area contributed by atoms with Crippen LogP contribution in [0.25, 0.3) is 0 Å². The maximum Gasteiger partial charge on any atom is 0.491 e. The van der Waals surface area contributed by atoms with Crippen LogP contribution in [0.15, 0.2) is 36.4 Å². The summed E-state index contributed by atoms with van der Waals surface area (Å²) in [6.45, 7) is 0.280. The van der Waals surface area contributed by atoms with E-state index in [1.54, 1.807) is 36.4 Å². The number of halogens is 2. The average molecular weight is 322 g/mol. The van der Waals surface area contributed by atoms with E-state index in [2.05, 4.69) is 5.32 Å². The van der Waals surface area contributed by atoms with E-state index in [1.807, 2.05) is 0 Å². The Balaban J connectivity index is 1.92. The predicted octanol–water partition coefficient (Wildman–Crippen LogP) is 2.46. The number of carbonyl (C=O) groups excluding carboxylic acids is 1. The molecule has 0 bridgehead atoms. The Morgan fingerprint density at radius 1 is 1.24 bits per heavy atom. The molecule has 1 aliphatic rings. The number of para-hydroxylation sites is 1. The summed E-state index contributed by atoms with van der Waals surface area (Å²) >= 11 is 12.1. The van der Waals surface area contributed by atoms with Crippen LogP contribution in [0.4, 0.5) is 5.69 Å². The normalized spacial score (nSPS) is 13.2. The van der Waals surface area contributed by atoms with Crippen molar-refractivity contribution in [3.63, 3.8) is 0 Å². The minimum absolute atomic E-state index is 0.264. The first kappa shape index (κ1) is 14.4. The maximum atomic E-state index is 12.3. The molecule has 1 heterocycles. The Hall–Kier alpha value is -1.53. The lowest BCUT2D eigenvalue weighted by Gasteiger charge is -2.10. The Labute approximate surface area is 131 Å². The fourth-order valence-electron chi connectivity index (χ4n) is 2.17. The highest BCUT2D eigenvalue weighted by molar-refractivity contribution is 6.61. The molecule has 0 atom stereocenters. The third-order valence-electron chi connectivity index (χ3n) is 3.26. The molecule has 0 aliphatic carbocycles. The van der Waals surface area contributed by atoms with Gasteiger partial charge in [0.05, 0.1) is 27.9 Å². The highest BCUT2D eigenvalue weighted by Gasteiger charge is 2.29. The van der Waals surface area contributed by atoms with Crippen molar-refractivity contribution in [1.82, 2.24) is 0 Å². The van der Waals surface area contributed by atoms with E-state index in [-0.39, 0.29) is 12.2 Å². The van der Waals surface area contributed by atoms with Gasteiger partial charge in [0.1, 0.15) is 0 Å². The molecule has 0 spiro atoms. The van der Waals surface area contributed by atoms with Crippen molar-refractivity contribution in [2.45, 2.75) is 6.61 Å². The number of hydrogen-bond acceptors (Lipinski definition) is 3. The van der Waals surface area contributed by atoms with Crippen LogP contribution < -0.4 is 10.8 Å². The van der Waals surface area contributed by atoms with Gasteiger partial charge >= 0.3 is 7.12 Å². The molecule has 7 heteroatoms. The molecule has 4 nitrogen and oxygen atoms in total. The molecule has 0 aromatic heterocycles. The predicted molar refractivity (Wildman–Crippen MR) is 83.3 cm³/mol. The summed E-state index contributed by atoms with van der Waals surface area (Å²) in [7, 11) is -1.02. The van der Waals surface area contributed by atoms with Crippen molar-refractivity contribution in [2.75, 3.05) is 5.32 Å². The van der Waals surface area contributed by atoms with Crippen LogP contribution in [0.2, 0.25) is 10.0 Å². The monoisotopic (exact) mass is 321 g/mol. The number of amides is 1. The van der Waals surface area contributed by atoms with Gasteiger partial charge in [0.2, 0.25) is 0 Å². The Bertz CT molecular complexity index is 723. The van der Waals surface area contributed by atoms with E-state index in [9.17, 15) is 9.82 Å². The van der Waals surface area contributed by atoms with Gasteiger partial charge in [-0.05, 0) is 35.3 Å². The summed E-state index contributed by atoms with van der Waals surface area (Å²) in [4.78, 5) is 12.3. The van der Waals surface area contributed by atoms with Gasteiger partial charge in [0.15, 0.2) is 0 Å². The molecule has 0 saturated carbocycles. The van der Waals surface area contributed by atoms with E-state index in [0.29, 0.717) is 21.2 Å². The van der Waals surface area contributed by atoms with Crippen molar-refractivity contribution in [1.29, 1.82) is 0 Å². The third-order valence-corrected chi connectivity index (χ3v) is 3.90. The molecule has 1 amide bonds. The summed E-state index contributed by atoms with van der Waals surface area (Å²) in [6.07, 6.45) is 0. The first-order valence-corrected chi connectivity index (χ1v) is 6.99. The zero-order chi connectivity index (χ0) is 15.0. The van der Waals surface area contributed by atoms with Gasteiger partial charge in [-0.15, -0.1) is 0 Å². The number of benzene rings is 2. The molecule has 106 valence electrons. The third kappa shape index (κ3) is 2.78. The Kier molecular flexibility index (Phi) is 3.91. The number of hydrogen-bond donors (Lipinski definition) is 2. The molecular formula is C14H10BCl2NO3. The number of fused-ring (bicyclic) bond motifs is 1. The Morgan fingerprint density at radius 3 is 2.76 bits per heavy atom. The van der Waals surface area contributed by atoms with Gasteiger partial charge in [-0.25, -0.2) is 0 Å². The first-order chi connectivity index (χ1) is 10.1. The lowest BCUT2D eigenvalue weighted by atomic mass is 9.78. The maximum absolute atomic E-state index is 12.3. The fraction of sp³-hybridized carbons (Fsp3) is 0.0714. The molecule has 0 saturated heterocycles. The second-order valence-electron chi connectivity index (χ2n) is 4.63. The molecule has 2 aromatic rings. The van der Waals surface area contributed by atoms with Crippen LogP contribution in [0.1, 0.15) is 15.9 Å². The topological polar surface area (TPSA) is 58.6 Å². The summed E-state index contributed by atoms with van der Waals surface area (Å²) in [5.74, 6) is -0.394. The first-order valence-electron chi connectivity index (χ1n) is 6.24. The van der Waals surface area contributed by atoms with E-state index in [4.69, 9.17) is 27.9 Å². The number of nitrogens with one attached hydrogen (secondary N) is 1. The summed E-state index contributed by atoms with van der Waals surface area (Å²) < 4.78 is 5.09. The van der Waals surface area contributed by atoms with Crippen molar-refractivity contribution >= 4 is 47.4 Å². The van der Waals surface area contributed by atoms with Gasteiger partial charge < -0.3 is 15.0 Å². The molecular weight excluding hydrogens is 312 g/mol. The lowest BCUT2D eigenvalue weighted by Crippen LogP contribution is -2.29. The van der Waals surface area contributed by atoms with Crippen LogP contribution >= 0.6 is 23.2 Å². The molecule has 3 rings (SSSR count). The molecule has 0 fully saturated rings. The average Bonchev–Trinajstić information content (AvgIpc) is 2.81. The van der Waals surface area contributed by atoms with E-state index in [0.717, 1.165) is 5.56 Å². The van der Waals surface area contributed by atoms with E-state index in [1.165, 1.54) is 0 Å². The summed E-state index contributed by atoms with van der Waals surface area (Å²) in [5.41, 5.74) is 2.10. The molecule has 2 N–H and O–H groups in total. The van der Waals surface area contributed by atoms with Gasteiger partial charge in [0.25, 0.3) is 5.91 Å². The fourth-order valence-corrected chi connectivity index (χ4v) is 2.63. The quantitative estimate of drug-likeness (QED) is 0.835. The Morgan fingerprint density at radius 2 is 2.00 bits per heavy atom. The highest BCUT2D eigenvalue weighted by atomic mass is 35.5. The van der Waals surface area contributed by atoms with Gasteiger partial charge in [-0.3, -0.25) is 4.79 Å². The van der Waals surface area contributed by atoms with Gasteiger partial charge in [-0.2, -0.15) is 0 Å². The molecule has 21 heavy (non-hydrogen) atoms. The van der Waals surface area contributed by atoms with Crippen molar-refractivity contribution in [3.8, 4) is 0 Å². The van der Waals surface area contributed by atoms with Crippen molar-refractivity contribution in [2.24, 2.45) is 0 Å². The minimum Gasteiger partial charge on any atom is -0.423 e. The largest absolute Gasteiger partial charge is 0.491 e. The van der Waals surface area contributed by atoms with Gasteiger partial charge in [-0.1, -0.05) is 35.3 Å². The van der Waals surface area contributed by atoms with Crippen LogP contribution in [0.3, 0.4) is 0 Å². The second-order valence-corrected chi connectivity index (χ2v) is 5.44. The summed E-state index contributed by atoms with van der Waals surface area (Å²) in [6, 6.07) is 10.1. The lowest BCUT2D eigenvalue weighted by molar-refractivity contribution is 0.102. The van der Waals surface area contributed by atoms with Crippen molar-refractivity contribution in [3.05, 3.63) is 57.6 Å². The molecule has 1 aliphatic heterocycles. The van der Waals surface area contributed by atoms with Gasteiger partial charge in [0, 0.05) is 0 Å². The van der Waals surface area contributed by atoms with E-state index >= 15 is 0 Å². The van der Waals surface area contributed by atoms with Crippen LogP contribution in [-0.2, 0) is 11.3 Å². The standard InChI is InChI=1S/C14H10BCl2NO3/c16-11-3-1-2-4-13(11)18-14(19)9-6-10-8(5-12(9)17)7-21-15(10)20/h1-6,20H,7H2,(H,18,19). The van der Waals surface area contributed by atoms with Crippen LogP contribution in [0, 0.1) is 0 Å².